The summed E-state index contributed by atoms with van der Waals surface area (Å²) in [4.78, 5) is 28.0. The number of carbonyl (C=O) groups excluding carboxylic acids is 1. The highest BCUT2D eigenvalue weighted by atomic mass is 35.5. The SMILES string of the molecule is Cc1ccc([C@@H](CCC(=O)O)N2CCN(C(=O)c3ccc(Cl)cc3)CC2)cc1. The van der Waals surface area contributed by atoms with Crippen molar-refractivity contribution in [2.24, 2.45) is 0 Å². The molecule has 1 amide bonds. The largest absolute Gasteiger partial charge is 0.481 e. The van der Waals surface area contributed by atoms with E-state index >= 15 is 0 Å². The highest BCUT2D eigenvalue weighted by Crippen LogP contribution is 2.27. The highest BCUT2D eigenvalue weighted by Gasteiger charge is 2.27. The van der Waals surface area contributed by atoms with Crippen molar-refractivity contribution in [1.29, 1.82) is 0 Å². The molecule has 1 aliphatic rings. The fraction of sp³-hybridized carbons (Fsp3) is 0.364. The van der Waals surface area contributed by atoms with E-state index in [1.54, 1.807) is 24.3 Å². The third-order valence-electron chi connectivity index (χ3n) is 5.23. The van der Waals surface area contributed by atoms with Crippen LogP contribution in [0.15, 0.2) is 48.5 Å². The Morgan fingerprint density at radius 2 is 1.61 bits per heavy atom. The number of aliphatic carboxylic acids is 1. The first-order valence-electron chi connectivity index (χ1n) is 9.51. The molecular formula is C22H25ClN2O3. The van der Waals surface area contributed by atoms with Crippen molar-refractivity contribution in [3.05, 3.63) is 70.2 Å². The molecule has 6 heteroatoms. The van der Waals surface area contributed by atoms with Crippen LogP contribution in [-0.2, 0) is 4.79 Å². The molecular weight excluding hydrogens is 376 g/mol. The minimum absolute atomic E-state index is 0.00809. The molecule has 2 aromatic rings. The first-order chi connectivity index (χ1) is 13.4. The van der Waals surface area contributed by atoms with Gasteiger partial charge in [0, 0.05) is 49.2 Å². The smallest absolute Gasteiger partial charge is 0.303 e. The Labute approximate surface area is 170 Å². The number of amides is 1. The molecule has 1 heterocycles. The summed E-state index contributed by atoms with van der Waals surface area (Å²) in [5.74, 6) is -0.776. The number of hydrogen-bond donors (Lipinski definition) is 1. The van der Waals surface area contributed by atoms with Crippen molar-refractivity contribution in [3.63, 3.8) is 0 Å². The Hall–Kier alpha value is -2.37. The van der Waals surface area contributed by atoms with Crippen LogP contribution >= 0.6 is 11.6 Å². The molecule has 28 heavy (non-hydrogen) atoms. The number of rotatable bonds is 6. The Morgan fingerprint density at radius 1 is 1.00 bits per heavy atom. The molecule has 2 aromatic carbocycles. The summed E-state index contributed by atoms with van der Waals surface area (Å²) in [6, 6.07) is 15.3. The Bertz CT molecular complexity index is 813. The standard InChI is InChI=1S/C22H25ClN2O3/c1-16-2-4-17(5-3-16)20(10-11-21(26)27)24-12-14-25(15-13-24)22(28)18-6-8-19(23)9-7-18/h2-9,20H,10-15H2,1H3,(H,26,27)/t20-/m1/s1. The Balaban J connectivity index is 1.67. The van der Waals surface area contributed by atoms with Gasteiger partial charge in [0.15, 0.2) is 0 Å². The molecule has 1 N–H and O–H groups in total. The number of piperazine rings is 1. The van der Waals surface area contributed by atoms with Crippen LogP contribution in [0.25, 0.3) is 0 Å². The lowest BCUT2D eigenvalue weighted by Crippen LogP contribution is -2.49. The van der Waals surface area contributed by atoms with E-state index in [9.17, 15) is 9.59 Å². The van der Waals surface area contributed by atoms with Crippen LogP contribution in [0.3, 0.4) is 0 Å². The normalized spacial score (nSPS) is 16.0. The zero-order chi connectivity index (χ0) is 20.1. The number of carboxylic acids is 1. The molecule has 1 fully saturated rings. The van der Waals surface area contributed by atoms with Gasteiger partial charge in [-0.05, 0) is 43.2 Å². The molecule has 0 bridgehead atoms. The predicted octanol–water partition coefficient (Wildman–Crippen LogP) is 4.01. The summed E-state index contributed by atoms with van der Waals surface area (Å²) in [5.41, 5.74) is 2.95. The number of carboxylic acid groups (broad SMARTS) is 1. The third-order valence-corrected chi connectivity index (χ3v) is 5.48. The van der Waals surface area contributed by atoms with E-state index in [1.807, 2.05) is 11.8 Å². The maximum Gasteiger partial charge on any atom is 0.303 e. The highest BCUT2D eigenvalue weighted by molar-refractivity contribution is 6.30. The van der Waals surface area contributed by atoms with E-state index in [0.29, 0.717) is 30.1 Å². The second-order valence-electron chi connectivity index (χ2n) is 7.19. The van der Waals surface area contributed by atoms with Crippen molar-refractivity contribution in [2.75, 3.05) is 26.2 Å². The van der Waals surface area contributed by atoms with E-state index in [1.165, 1.54) is 5.56 Å². The molecule has 0 aliphatic carbocycles. The average molecular weight is 401 g/mol. The van der Waals surface area contributed by atoms with E-state index in [4.69, 9.17) is 16.7 Å². The lowest BCUT2D eigenvalue weighted by molar-refractivity contribution is -0.137. The van der Waals surface area contributed by atoms with E-state index < -0.39 is 5.97 Å². The first kappa shape index (κ1) is 20.4. The van der Waals surface area contributed by atoms with Crippen molar-refractivity contribution in [1.82, 2.24) is 9.80 Å². The Morgan fingerprint density at radius 3 is 2.18 bits per heavy atom. The van der Waals surface area contributed by atoms with Gasteiger partial charge in [-0.15, -0.1) is 0 Å². The molecule has 0 spiro atoms. The quantitative estimate of drug-likeness (QED) is 0.795. The minimum Gasteiger partial charge on any atom is -0.481 e. The van der Waals surface area contributed by atoms with Gasteiger partial charge in [-0.3, -0.25) is 14.5 Å². The molecule has 1 saturated heterocycles. The van der Waals surface area contributed by atoms with Gasteiger partial charge in [0.25, 0.3) is 5.91 Å². The average Bonchev–Trinajstić information content (AvgIpc) is 2.70. The molecule has 1 aliphatic heterocycles. The number of nitrogens with zero attached hydrogens (tertiary/aromatic N) is 2. The van der Waals surface area contributed by atoms with Gasteiger partial charge in [-0.1, -0.05) is 41.4 Å². The molecule has 5 nitrogen and oxygen atoms in total. The summed E-state index contributed by atoms with van der Waals surface area (Å²) in [6.07, 6.45) is 0.686. The number of aryl methyl sites for hydroxylation is 1. The molecule has 0 saturated carbocycles. The number of halogens is 1. The van der Waals surface area contributed by atoms with Gasteiger partial charge in [-0.2, -0.15) is 0 Å². The van der Waals surface area contributed by atoms with Gasteiger partial charge >= 0.3 is 5.97 Å². The monoisotopic (exact) mass is 400 g/mol. The lowest BCUT2D eigenvalue weighted by atomic mass is 9.98. The van der Waals surface area contributed by atoms with Crippen LogP contribution in [-0.4, -0.2) is 53.0 Å². The van der Waals surface area contributed by atoms with Gasteiger partial charge < -0.3 is 10.0 Å². The van der Waals surface area contributed by atoms with Crippen molar-refractivity contribution in [3.8, 4) is 0 Å². The summed E-state index contributed by atoms with van der Waals surface area (Å²) >= 11 is 5.90. The molecule has 1 atom stereocenters. The zero-order valence-corrected chi connectivity index (χ0v) is 16.7. The first-order valence-corrected chi connectivity index (χ1v) is 9.89. The van der Waals surface area contributed by atoms with Gasteiger partial charge in [-0.25, -0.2) is 0 Å². The second-order valence-corrected chi connectivity index (χ2v) is 7.63. The topological polar surface area (TPSA) is 60.9 Å². The molecule has 3 rings (SSSR count). The zero-order valence-electron chi connectivity index (χ0n) is 16.0. The van der Waals surface area contributed by atoms with Crippen molar-refractivity contribution in [2.45, 2.75) is 25.8 Å². The van der Waals surface area contributed by atoms with Crippen LogP contribution in [0.5, 0.6) is 0 Å². The van der Waals surface area contributed by atoms with Crippen LogP contribution in [0.4, 0.5) is 0 Å². The minimum atomic E-state index is -0.784. The van der Waals surface area contributed by atoms with E-state index in [2.05, 4.69) is 29.2 Å². The fourth-order valence-electron chi connectivity index (χ4n) is 3.62. The fourth-order valence-corrected chi connectivity index (χ4v) is 3.75. The van der Waals surface area contributed by atoms with E-state index in [0.717, 1.165) is 18.7 Å². The summed E-state index contributed by atoms with van der Waals surface area (Å²) < 4.78 is 0. The third kappa shape index (κ3) is 5.12. The number of hydrogen-bond acceptors (Lipinski definition) is 3. The van der Waals surface area contributed by atoms with Crippen LogP contribution in [0, 0.1) is 6.92 Å². The van der Waals surface area contributed by atoms with Gasteiger partial charge in [0.1, 0.15) is 0 Å². The van der Waals surface area contributed by atoms with Crippen LogP contribution in [0.1, 0.15) is 40.4 Å². The van der Waals surface area contributed by atoms with Crippen LogP contribution in [0.2, 0.25) is 5.02 Å². The summed E-state index contributed by atoms with van der Waals surface area (Å²) in [5, 5.41) is 9.74. The maximum atomic E-state index is 12.7. The number of carbonyl (C=O) groups is 2. The second kappa shape index (κ2) is 9.22. The van der Waals surface area contributed by atoms with Crippen molar-refractivity contribution < 1.29 is 14.7 Å². The maximum absolute atomic E-state index is 12.7. The molecule has 148 valence electrons. The van der Waals surface area contributed by atoms with Crippen molar-refractivity contribution >= 4 is 23.5 Å². The lowest BCUT2D eigenvalue weighted by Gasteiger charge is -2.39. The van der Waals surface area contributed by atoms with Gasteiger partial charge in [0.2, 0.25) is 0 Å². The Kier molecular flexibility index (Phi) is 6.70. The molecule has 0 unspecified atom stereocenters. The molecule has 0 radical (unpaired) electrons. The van der Waals surface area contributed by atoms with Gasteiger partial charge in [0.05, 0.1) is 0 Å². The summed E-state index contributed by atoms with van der Waals surface area (Å²) in [7, 11) is 0. The summed E-state index contributed by atoms with van der Waals surface area (Å²) in [6.45, 7) is 4.72. The van der Waals surface area contributed by atoms with Crippen LogP contribution < -0.4 is 0 Å². The van der Waals surface area contributed by atoms with E-state index in [-0.39, 0.29) is 18.4 Å². The predicted molar refractivity (Wildman–Crippen MR) is 110 cm³/mol. The number of benzene rings is 2. The molecule has 0 aromatic heterocycles.